The van der Waals surface area contributed by atoms with Gasteiger partial charge in [-0.05, 0) is 50.1 Å². The van der Waals surface area contributed by atoms with Crippen LogP contribution in [0.5, 0.6) is 0 Å². The number of hydrogen-bond acceptors (Lipinski definition) is 3. The van der Waals surface area contributed by atoms with E-state index >= 15 is 0 Å². The first-order valence-electron chi connectivity index (χ1n) is 5.83. The fourth-order valence-electron chi connectivity index (χ4n) is 1.75. The average molecular weight is 252 g/mol. The normalized spacial score (nSPS) is 11.2. The molecule has 0 bridgehead atoms. The van der Waals surface area contributed by atoms with Gasteiger partial charge >= 0.3 is 0 Å². The third-order valence-electron chi connectivity index (χ3n) is 2.61. The van der Waals surface area contributed by atoms with Crippen molar-refractivity contribution in [3.05, 3.63) is 35.0 Å². The Morgan fingerprint density at radius 1 is 1.24 bits per heavy atom. The summed E-state index contributed by atoms with van der Waals surface area (Å²) >= 11 is 1.66. The molecule has 1 heterocycles. The van der Waals surface area contributed by atoms with Gasteiger partial charge < -0.3 is 10.6 Å². The summed E-state index contributed by atoms with van der Waals surface area (Å²) < 4.78 is 14.0. The largest absolute Gasteiger partial charge is 0.320 e. The molecule has 2 rings (SSSR count). The molecule has 0 spiro atoms. The first-order chi connectivity index (χ1) is 8.29. The molecule has 0 radical (unpaired) electrons. The second kappa shape index (κ2) is 6.10. The molecule has 17 heavy (non-hydrogen) atoms. The van der Waals surface area contributed by atoms with Crippen molar-refractivity contribution >= 4 is 21.4 Å². The lowest BCUT2D eigenvalue weighted by molar-refractivity contribution is 0.629. The molecular weight excluding hydrogens is 235 g/mol. The Hall–Kier alpha value is -0.970. The fraction of sp³-hybridized carbons (Fsp3) is 0.385. The minimum absolute atomic E-state index is 0.159. The summed E-state index contributed by atoms with van der Waals surface area (Å²) in [6.07, 6.45) is 1.12. The fourth-order valence-corrected chi connectivity index (χ4v) is 2.81. The van der Waals surface area contributed by atoms with E-state index in [0.717, 1.165) is 36.1 Å². The molecule has 0 aliphatic carbocycles. The smallest absolute Gasteiger partial charge is 0.124 e. The van der Waals surface area contributed by atoms with E-state index < -0.39 is 0 Å². The number of benzene rings is 1. The van der Waals surface area contributed by atoms with Crippen LogP contribution in [0.4, 0.5) is 4.39 Å². The van der Waals surface area contributed by atoms with Crippen molar-refractivity contribution in [1.29, 1.82) is 0 Å². The van der Waals surface area contributed by atoms with Crippen LogP contribution in [0.15, 0.2) is 24.3 Å². The van der Waals surface area contributed by atoms with Crippen molar-refractivity contribution in [2.75, 3.05) is 20.1 Å². The second-order valence-corrected chi connectivity index (χ2v) is 5.20. The Labute approximate surface area is 105 Å². The van der Waals surface area contributed by atoms with Crippen LogP contribution in [0, 0.1) is 5.82 Å². The van der Waals surface area contributed by atoms with Gasteiger partial charge in [-0.15, -0.1) is 11.3 Å². The number of halogens is 1. The van der Waals surface area contributed by atoms with Crippen LogP contribution in [0.3, 0.4) is 0 Å². The average Bonchev–Trinajstić information content (AvgIpc) is 2.70. The third-order valence-corrected chi connectivity index (χ3v) is 3.71. The maximum atomic E-state index is 13.0. The molecule has 0 unspecified atom stereocenters. The summed E-state index contributed by atoms with van der Waals surface area (Å²) in [5, 5.41) is 7.63. The maximum Gasteiger partial charge on any atom is 0.124 e. The monoisotopic (exact) mass is 252 g/mol. The van der Waals surface area contributed by atoms with Gasteiger partial charge in [-0.25, -0.2) is 4.39 Å². The zero-order valence-electron chi connectivity index (χ0n) is 9.92. The minimum atomic E-state index is -0.159. The predicted molar refractivity (Wildman–Crippen MR) is 72.0 cm³/mol. The zero-order valence-corrected chi connectivity index (χ0v) is 10.7. The molecule has 0 atom stereocenters. The summed E-state index contributed by atoms with van der Waals surface area (Å²) in [6, 6.07) is 7.08. The molecule has 1 aromatic heterocycles. The highest BCUT2D eigenvalue weighted by Crippen LogP contribution is 2.26. The summed E-state index contributed by atoms with van der Waals surface area (Å²) in [6.45, 7) is 2.90. The summed E-state index contributed by atoms with van der Waals surface area (Å²) in [5.74, 6) is -0.159. The number of fused-ring (bicyclic) bond motifs is 1. The van der Waals surface area contributed by atoms with Crippen LogP contribution in [-0.2, 0) is 6.54 Å². The lowest BCUT2D eigenvalue weighted by Crippen LogP contribution is -2.18. The van der Waals surface area contributed by atoms with Gasteiger partial charge in [0, 0.05) is 16.1 Å². The van der Waals surface area contributed by atoms with Crippen LogP contribution in [0.1, 0.15) is 11.3 Å². The molecule has 0 amide bonds. The van der Waals surface area contributed by atoms with Gasteiger partial charge in [-0.3, -0.25) is 0 Å². The van der Waals surface area contributed by atoms with Crippen LogP contribution in [0.25, 0.3) is 10.1 Å². The van der Waals surface area contributed by atoms with Crippen molar-refractivity contribution < 1.29 is 4.39 Å². The van der Waals surface area contributed by atoms with E-state index in [4.69, 9.17) is 0 Å². The number of rotatable bonds is 6. The van der Waals surface area contributed by atoms with E-state index in [1.54, 1.807) is 17.4 Å². The molecular formula is C13H17FN2S. The maximum absolute atomic E-state index is 13.0. The lowest BCUT2D eigenvalue weighted by atomic mass is 10.2. The number of thiophene rings is 1. The number of hydrogen-bond donors (Lipinski definition) is 2. The van der Waals surface area contributed by atoms with Crippen molar-refractivity contribution in [2.24, 2.45) is 0 Å². The van der Waals surface area contributed by atoms with Gasteiger partial charge in [-0.2, -0.15) is 0 Å². The molecule has 0 saturated heterocycles. The van der Waals surface area contributed by atoms with Gasteiger partial charge in [0.1, 0.15) is 5.82 Å². The summed E-state index contributed by atoms with van der Waals surface area (Å²) in [4.78, 5) is 1.26. The molecule has 2 N–H and O–H groups in total. The molecule has 0 aliphatic rings. The van der Waals surface area contributed by atoms with Crippen LogP contribution in [-0.4, -0.2) is 20.1 Å². The van der Waals surface area contributed by atoms with E-state index in [2.05, 4.69) is 16.7 Å². The second-order valence-electron chi connectivity index (χ2n) is 4.03. The first-order valence-corrected chi connectivity index (χ1v) is 6.64. The molecule has 1 aromatic carbocycles. The topological polar surface area (TPSA) is 24.1 Å². The Morgan fingerprint density at radius 2 is 2.12 bits per heavy atom. The van der Waals surface area contributed by atoms with E-state index in [1.807, 2.05) is 13.1 Å². The predicted octanol–water partition coefficient (Wildman–Crippen LogP) is 2.74. The molecule has 0 fully saturated rings. The van der Waals surface area contributed by atoms with E-state index in [0.29, 0.717) is 0 Å². The molecule has 0 saturated carbocycles. The lowest BCUT2D eigenvalue weighted by Gasteiger charge is -2.01. The van der Waals surface area contributed by atoms with Crippen molar-refractivity contribution in [3.8, 4) is 0 Å². The van der Waals surface area contributed by atoms with Gasteiger partial charge in [0.25, 0.3) is 0 Å². The quantitative estimate of drug-likeness (QED) is 0.772. The molecule has 0 aliphatic heterocycles. The Bertz CT molecular complexity index is 481. The summed E-state index contributed by atoms with van der Waals surface area (Å²) in [5.41, 5.74) is 0. The molecule has 4 heteroatoms. The number of nitrogens with one attached hydrogen (secondary N) is 2. The third kappa shape index (κ3) is 3.49. The van der Waals surface area contributed by atoms with Crippen LogP contribution in [0.2, 0.25) is 0 Å². The van der Waals surface area contributed by atoms with E-state index in [1.165, 1.54) is 10.9 Å². The molecule has 92 valence electrons. The first kappa shape index (κ1) is 12.5. The van der Waals surface area contributed by atoms with Gasteiger partial charge in [-0.1, -0.05) is 6.07 Å². The standard InChI is InChI=1S/C13H17FN2S/c1-15-5-2-6-16-9-12-7-10-3-4-11(14)8-13(10)17-12/h3-4,7-8,15-16H,2,5-6,9H2,1H3. The van der Waals surface area contributed by atoms with Crippen LogP contribution >= 0.6 is 11.3 Å². The summed E-state index contributed by atoms with van der Waals surface area (Å²) in [7, 11) is 1.96. The van der Waals surface area contributed by atoms with Gasteiger partial charge in [0.15, 0.2) is 0 Å². The Morgan fingerprint density at radius 3 is 2.94 bits per heavy atom. The van der Waals surface area contributed by atoms with Crippen molar-refractivity contribution in [2.45, 2.75) is 13.0 Å². The van der Waals surface area contributed by atoms with Gasteiger partial charge in [0.05, 0.1) is 0 Å². The highest BCUT2D eigenvalue weighted by molar-refractivity contribution is 7.19. The molecule has 2 aromatic rings. The molecule has 2 nitrogen and oxygen atoms in total. The van der Waals surface area contributed by atoms with Crippen molar-refractivity contribution in [3.63, 3.8) is 0 Å². The van der Waals surface area contributed by atoms with E-state index in [-0.39, 0.29) is 5.82 Å². The Balaban J connectivity index is 1.91. The highest BCUT2D eigenvalue weighted by Gasteiger charge is 2.02. The zero-order chi connectivity index (χ0) is 12.1. The van der Waals surface area contributed by atoms with Crippen molar-refractivity contribution in [1.82, 2.24) is 10.6 Å². The van der Waals surface area contributed by atoms with Gasteiger partial charge in [0.2, 0.25) is 0 Å². The minimum Gasteiger partial charge on any atom is -0.320 e. The van der Waals surface area contributed by atoms with Crippen LogP contribution < -0.4 is 10.6 Å². The van der Waals surface area contributed by atoms with E-state index in [9.17, 15) is 4.39 Å². The SMILES string of the molecule is CNCCCNCc1cc2ccc(F)cc2s1. The highest BCUT2D eigenvalue weighted by atomic mass is 32.1. The Kier molecular flexibility index (Phi) is 4.48.